The third kappa shape index (κ3) is 3.55. The molecule has 1 atom stereocenters. The lowest BCUT2D eigenvalue weighted by molar-refractivity contribution is -0.119. The highest BCUT2D eigenvalue weighted by Crippen LogP contribution is 2.19. The number of fused-ring (bicyclic) bond motifs is 1. The van der Waals surface area contributed by atoms with Crippen LogP contribution in [-0.4, -0.2) is 31.1 Å². The second-order valence-corrected chi connectivity index (χ2v) is 6.58. The van der Waals surface area contributed by atoms with Crippen LogP contribution in [0.3, 0.4) is 0 Å². The molecule has 0 saturated carbocycles. The molecule has 0 unspecified atom stereocenters. The molecule has 8 nitrogen and oxygen atoms in total. The Labute approximate surface area is 147 Å². The highest BCUT2D eigenvalue weighted by Gasteiger charge is 2.23. The summed E-state index contributed by atoms with van der Waals surface area (Å²) in [6.45, 7) is 3.87. The molecule has 2 heterocycles. The number of carbonyl (C=O) groups excluding carboxylic acids is 1. The van der Waals surface area contributed by atoms with Crippen molar-refractivity contribution in [3.05, 3.63) is 39.6 Å². The van der Waals surface area contributed by atoms with Crippen molar-refractivity contribution in [3.63, 3.8) is 0 Å². The summed E-state index contributed by atoms with van der Waals surface area (Å²) in [6.07, 6.45) is 2.18. The Bertz CT molecular complexity index is 951. The van der Waals surface area contributed by atoms with Crippen molar-refractivity contribution in [2.24, 2.45) is 0 Å². The van der Waals surface area contributed by atoms with Gasteiger partial charge in [0.2, 0.25) is 5.13 Å². The molecular formula is C16H18N6O2S. The molecule has 0 fully saturated rings. The fourth-order valence-electron chi connectivity index (χ4n) is 2.48. The lowest BCUT2D eigenvalue weighted by Gasteiger charge is -2.15. The molecule has 1 amide bonds. The number of nitrogens with one attached hydrogen (secondary N) is 1. The summed E-state index contributed by atoms with van der Waals surface area (Å²) < 4.78 is 1.13. The average molecular weight is 358 g/mol. The molecule has 130 valence electrons. The fourth-order valence-corrected chi connectivity index (χ4v) is 3.33. The van der Waals surface area contributed by atoms with Crippen LogP contribution >= 0.6 is 11.3 Å². The second-order valence-electron chi connectivity index (χ2n) is 5.52. The summed E-state index contributed by atoms with van der Waals surface area (Å²) in [4.78, 5) is 25.2. The van der Waals surface area contributed by atoms with Crippen molar-refractivity contribution >= 4 is 33.3 Å². The Hall–Kier alpha value is -2.68. The molecular weight excluding hydrogens is 340 g/mol. The molecule has 2 aromatic heterocycles. The number of rotatable bonds is 6. The third-order valence-corrected chi connectivity index (χ3v) is 4.64. The minimum absolute atomic E-state index is 0.337. The summed E-state index contributed by atoms with van der Waals surface area (Å²) in [5, 5.41) is 20.4. The molecule has 0 bridgehead atoms. The Morgan fingerprint density at radius 2 is 2.04 bits per heavy atom. The number of carbonyl (C=O) groups is 1. The van der Waals surface area contributed by atoms with E-state index in [0.29, 0.717) is 22.5 Å². The van der Waals surface area contributed by atoms with Gasteiger partial charge in [0.15, 0.2) is 0 Å². The van der Waals surface area contributed by atoms with E-state index in [-0.39, 0.29) is 11.5 Å². The van der Waals surface area contributed by atoms with Crippen molar-refractivity contribution in [2.45, 2.75) is 39.2 Å². The van der Waals surface area contributed by atoms with Crippen molar-refractivity contribution in [2.75, 3.05) is 5.32 Å². The largest absolute Gasteiger partial charge is 0.299 e. The van der Waals surface area contributed by atoms with Gasteiger partial charge in [-0.2, -0.15) is 4.68 Å². The van der Waals surface area contributed by atoms with Gasteiger partial charge in [-0.15, -0.1) is 15.3 Å². The van der Waals surface area contributed by atoms with Crippen molar-refractivity contribution < 1.29 is 4.79 Å². The zero-order chi connectivity index (χ0) is 17.8. The van der Waals surface area contributed by atoms with Gasteiger partial charge < -0.3 is 0 Å². The van der Waals surface area contributed by atoms with Crippen LogP contribution in [0.15, 0.2) is 29.1 Å². The van der Waals surface area contributed by atoms with Crippen LogP contribution in [0.25, 0.3) is 10.9 Å². The van der Waals surface area contributed by atoms with Crippen LogP contribution in [0.1, 0.15) is 37.7 Å². The predicted octanol–water partition coefficient (Wildman–Crippen LogP) is 2.19. The summed E-state index contributed by atoms with van der Waals surface area (Å²) in [5.74, 6) is -0.353. The van der Waals surface area contributed by atoms with Crippen LogP contribution in [0.4, 0.5) is 5.13 Å². The lowest BCUT2D eigenvalue weighted by atomic mass is 10.2. The van der Waals surface area contributed by atoms with Crippen LogP contribution in [0.2, 0.25) is 0 Å². The molecule has 0 saturated heterocycles. The number of amides is 1. The quantitative estimate of drug-likeness (QED) is 0.724. The lowest BCUT2D eigenvalue weighted by Crippen LogP contribution is -2.35. The topological polar surface area (TPSA) is 103 Å². The van der Waals surface area contributed by atoms with E-state index < -0.39 is 6.04 Å². The highest BCUT2D eigenvalue weighted by atomic mass is 32.1. The maximum absolute atomic E-state index is 12.6. The molecule has 1 N–H and O–H groups in total. The van der Waals surface area contributed by atoms with Gasteiger partial charge in [0.1, 0.15) is 16.6 Å². The molecule has 3 rings (SSSR count). The number of aromatic nitrogens is 5. The van der Waals surface area contributed by atoms with E-state index in [4.69, 9.17) is 0 Å². The monoisotopic (exact) mass is 358 g/mol. The zero-order valence-electron chi connectivity index (χ0n) is 14.0. The van der Waals surface area contributed by atoms with Gasteiger partial charge in [-0.1, -0.05) is 42.5 Å². The first-order valence-corrected chi connectivity index (χ1v) is 8.93. The van der Waals surface area contributed by atoms with Crippen LogP contribution in [0, 0.1) is 0 Å². The van der Waals surface area contributed by atoms with Crippen molar-refractivity contribution in [3.8, 4) is 0 Å². The van der Waals surface area contributed by atoms with E-state index in [1.165, 1.54) is 11.3 Å². The normalized spacial score (nSPS) is 12.2. The number of nitrogens with zero attached hydrogens (tertiary/aromatic N) is 5. The molecule has 25 heavy (non-hydrogen) atoms. The number of hydrogen-bond acceptors (Lipinski definition) is 7. The molecule has 0 aliphatic heterocycles. The Morgan fingerprint density at radius 1 is 1.24 bits per heavy atom. The first-order chi connectivity index (χ1) is 12.1. The summed E-state index contributed by atoms with van der Waals surface area (Å²) >= 11 is 1.34. The SMILES string of the molecule is CCCc1nnc(NC(=O)[C@H](CC)n2nnc3ccccc3c2=O)s1. The van der Waals surface area contributed by atoms with Gasteiger partial charge in [-0.3, -0.25) is 14.9 Å². The van der Waals surface area contributed by atoms with Crippen molar-refractivity contribution in [1.29, 1.82) is 0 Å². The van der Waals surface area contributed by atoms with Gasteiger partial charge in [-0.05, 0) is 25.0 Å². The second kappa shape index (κ2) is 7.47. The van der Waals surface area contributed by atoms with Gasteiger partial charge >= 0.3 is 0 Å². The number of benzene rings is 1. The van der Waals surface area contributed by atoms with Crippen LogP contribution in [-0.2, 0) is 11.2 Å². The number of anilines is 1. The molecule has 0 spiro atoms. The maximum Gasteiger partial charge on any atom is 0.278 e. The molecule has 3 aromatic rings. The average Bonchev–Trinajstić information content (AvgIpc) is 3.05. The Morgan fingerprint density at radius 3 is 2.80 bits per heavy atom. The van der Waals surface area contributed by atoms with E-state index in [0.717, 1.165) is 22.5 Å². The summed E-state index contributed by atoms with van der Waals surface area (Å²) in [5.41, 5.74) is 0.170. The fraction of sp³-hybridized carbons (Fsp3) is 0.375. The van der Waals surface area contributed by atoms with E-state index in [2.05, 4.69) is 32.7 Å². The maximum atomic E-state index is 12.6. The van der Waals surface area contributed by atoms with Crippen LogP contribution < -0.4 is 10.9 Å². The Kier molecular flexibility index (Phi) is 5.13. The first kappa shape index (κ1) is 17.2. The van der Waals surface area contributed by atoms with E-state index in [1.54, 1.807) is 24.3 Å². The molecule has 0 aliphatic rings. The number of aryl methyl sites for hydroxylation is 1. The van der Waals surface area contributed by atoms with Crippen molar-refractivity contribution in [1.82, 2.24) is 25.2 Å². The first-order valence-electron chi connectivity index (χ1n) is 8.11. The van der Waals surface area contributed by atoms with Gasteiger partial charge in [0.05, 0.1) is 5.39 Å². The predicted molar refractivity (Wildman–Crippen MR) is 95.7 cm³/mol. The minimum Gasteiger partial charge on any atom is -0.299 e. The summed E-state index contributed by atoms with van der Waals surface area (Å²) in [6, 6.07) is 6.17. The Balaban J connectivity index is 1.87. The molecule has 0 aliphatic carbocycles. The zero-order valence-corrected chi connectivity index (χ0v) is 14.8. The molecule has 9 heteroatoms. The highest BCUT2D eigenvalue weighted by molar-refractivity contribution is 7.15. The van der Waals surface area contributed by atoms with Gasteiger partial charge in [0, 0.05) is 6.42 Å². The van der Waals surface area contributed by atoms with E-state index >= 15 is 0 Å². The van der Waals surface area contributed by atoms with E-state index in [9.17, 15) is 9.59 Å². The van der Waals surface area contributed by atoms with Crippen LogP contribution in [0.5, 0.6) is 0 Å². The number of hydrogen-bond donors (Lipinski definition) is 1. The smallest absolute Gasteiger partial charge is 0.278 e. The molecule has 0 radical (unpaired) electrons. The van der Waals surface area contributed by atoms with E-state index in [1.807, 2.05) is 6.92 Å². The third-order valence-electron chi connectivity index (χ3n) is 3.74. The summed E-state index contributed by atoms with van der Waals surface area (Å²) in [7, 11) is 0. The van der Waals surface area contributed by atoms with Gasteiger partial charge in [-0.25, -0.2) is 0 Å². The molecule has 1 aromatic carbocycles. The minimum atomic E-state index is -0.761. The standard InChI is InChI=1S/C16H18N6O2S/c1-3-7-13-19-20-16(25-13)17-14(23)12(4-2)22-15(24)10-8-5-6-9-11(10)18-21-22/h5-6,8-9,12H,3-4,7H2,1-2H3,(H,17,20,23)/t12-/m0/s1. The van der Waals surface area contributed by atoms with Gasteiger partial charge in [0.25, 0.3) is 11.5 Å².